The lowest BCUT2D eigenvalue weighted by atomic mass is 9.90. The summed E-state index contributed by atoms with van der Waals surface area (Å²) in [6.07, 6.45) is -1.31. The minimum atomic E-state index is -4.51. The number of hydrogen-bond donors (Lipinski definition) is 2. The number of amides is 1. The van der Waals surface area contributed by atoms with Crippen molar-refractivity contribution < 1.29 is 18.0 Å². The third kappa shape index (κ3) is 4.56. The number of halogens is 3. The van der Waals surface area contributed by atoms with E-state index in [1.165, 1.54) is 0 Å². The van der Waals surface area contributed by atoms with Crippen molar-refractivity contribution in [1.29, 1.82) is 0 Å². The summed E-state index contributed by atoms with van der Waals surface area (Å²) in [5.74, 6) is -0.130. The number of benzene rings is 2. The Bertz CT molecular complexity index is 1040. The molecule has 1 aliphatic rings. The topological polar surface area (TPSA) is 54.0 Å². The van der Waals surface area contributed by atoms with Crippen LogP contribution in [0.15, 0.2) is 60.7 Å². The van der Waals surface area contributed by atoms with Gasteiger partial charge < -0.3 is 10.6 Å². The van der Waals surface area contributed by atoms with Gasteiger partial charge in [0.25, 0.3) is 5.91 Å². The minimum absolute atomic E-state index is 0.0286. The van der Waals surface area contributed by atoms with E-state index < -0.39 is 11.9 Å². The van der Waals surface area contributed by atoms with Crippen molar-refractivity contribution in [1.82, 2.24) is 10.3 Å². The van der Waals surface area contributed by atoms with Crippen LogP contribution in [0.2, 0.25) is 0 Å². The molecule has 0 radical (unpaired) electrons. The smallest absolute Gasteiger partial charge is 0.382 e. The third-order valence-corrected chi connectivity index (χ3v) is 5.41. The van der Waals surface area contributed by atoms with Crippen molar-refractivity contribution in [2.45, 2.75) is 43.9 Å². The van der Waals surface area contributed by atoms with Crippen molar-refractivity contribution >= 4 is 22.5 Å². The predicted octanol–water partition coefficient (Wildman–Crippen LogP) is 5.41. The molecular weight excluding hydrogens is 391 g/mol. The van der Waals surface area contributed by atoms with E-state index in [0.717, 1.165) is 25.3 Å². The highest BCUT2D eigenvalue weighted by molar-refractivity contribution is 5.94. The number of carbonyl (C=O) groups excluding carboxylic acids is 1. The molecule has 0 bridgehead atoms. The van der Waals surface area contributed by atoms with Gasteiger partial charge in [0.05, 0.1) is 5.52 Å². The van der Waals surface area contributed by atoms with E-state index in [9.17, 15) is 18.0 Å². The first-order chi connectivity index (χ1) is 14.4. The van der Waals surface area contributed by atoms with Gasteiger partial charge in [-0.15, -0.1) is 0 Å². The number of pyridine rings is 1. The fourth-order valence-electron chi connectivity index (χ4n) is 3.97. The van der Waals surface area contributed by atoms with Crippen LogP contribution < -0.4 is 10.6 Å². The molecule has 2 N–H and O–H groups in total. The van der Waals surface area contributed by atoms with Crippen LogP contribution in [0, 0.1) is 0 Å². The van der Waals surface area contributed by atoms with Crippen LogP contribution in [-0.2, 0) is 6.18 Å². The van der Waals surface area contributed by atoms with Gasteiger partial charge >= 0.3 is 6.18 Å². The lowest BCUT2D eigenvalue weighted by Crippen LogP contribution is -2.41. The lowest BCUT2D eigenvalue weighted by molar-refractivity contribution is -0.140. The highest BCUT2D eigenvalue weighted by Gasteiger charge is 2.34. The Kier molecular flexibility index (Phi) is 5.61. The summed E-state index contributed by atoms with van der Waals surface area (Å²) in [5.41, 5.74) is 0.420. The molecule has 0 aliphatic heterocycles. The Morgan fingerprint density at radius 3 is 2.43 bits per heavy atom. The van der Waals surface area contributed by atoms with Gasteiger partial charge in [-0.25, -0.2) is 4.98 Å². The molecule has 4 nitrogen and oxygen atoms in total. The molecule has 3 aromatic rings. The molecule has 1 heterocycles. The Morgan fingerprint density at radius 1 is 0.967 bits per heavy atom. The molecule has 1 aromatic heterocycles. The number of rotatable bonds is 4. The summed E-state index contributed by atoms with van der Waals surface area (Å²) >= 11 is 0. The van der Waals surface area contributed by atoms with E-state index in [4.69, 9.17) is 0 Å². The zero-order valence-corrected chi connectivity index (χ0v) is 16.2. The number of alkyl halides is 3. The van der Waals surface area contributed by atoms with Gasteiger partial charge in [-0.1, -0.05) is 36.4 Å². The molecule has 156 valence electrons. The number of aromatic nitrogens is 1. The zero-order valence-electron chi connectivity index (χ0n) is 16.2. The van der Waals surface area contributed by atoms with Crippen LogP contribution >= 0.6 is 0 Å². The Labute approximate surface area is 172 Å². The number of anilines is 1. The van der Waals surface area contributed by atoms with Crippen molar-refractivity contribution in [2.75, 3.05) is 5.32 Å². The lowest BCUT2D eigenvalue weighted by Gasteiger charge is -2.31. The first-order valence-electron chi connectivity index (χ1n) is 9.99. The third-order valence-electron chi connectivity index (χ3n) is 5.41. The molecule has 30 heavy (non-hydrogen) atoms. The maximum Gasteiger partial charge on any atom is 0.433 e. The largest absolute Gasteiger partial charge is 0.433 e. The van der Waals surface area contributed by atoms with Gasteiger partial charge in [0.15, 0.2) is 0 Å². The first-order valence-corrected chi connectivity index (χ1v) is 9.99. The van der Waals surface area contributed by atoms with Crippen molar-refractivity contribution in [3.05, 3.63) is 71.9 Å². The van der Waals surface area contributed by atoms with E-state index in [0.29, 0.717) is 28.6 Å². The maximum atomic E-state index is 13.3. The standard InChI is InChI=1S/C23H22F3N3O/c24-23(25,26)21-14-20(18-11-4-5-12-19(18)29-21)27-16-9-6-10-17(13-16)28-22(30)15-7-2-1-3-8-15/h1-5,7-8,11-12,14,16-17H,6,9-10,13H2,(H,27,29)(H,28,30). The summed E-state index contributed by atoms with van der Waals surface area (Å²) in [6.45, 7) is 0. The van der Waals surface area contributed by atoms with Gasteiger partial charge in [-0.3, -0.25) is 4.79 Å². The van der Waals surface area contributed by atoms with Gasteiger partial charge in [0.2, 0.25) is 0 Å². The van der Waals surface area contributed by atoms with Crippen LogP contribution in [0.1, 0.15) is 41.7 Å². The molecular formula is C23H22F3N3O. The molecule has 0 spiro atoms. The number of para-hydroxylation sites is 1. The normalized spacial score (nSPS) is 19.4. The van der Waals surface area contributed by atoms with Crippen molar-refractivity contribution in [3.8, 4) is 0 Å². The Hall–Kier alpha value is -3.09. The fraction of sp³-hybridized carbons (Fsp3) is 0.304. The molecule has 7 heteroatoms. The first kappa shape index (κ1) is 20.2. The van der Waals surface area contributed by atoms with Crippen LogP contribution in [0.5, 0.6) is 0 Å². The average molecular weight is 413 g/mol. The van der Waals surface area contributed by atoms with E-state index in [1.54, 1.807) is 36.4 Å². The van der Waals surface area contributed by atoms with Gasteiger partial charge in [0, 0.05) is 28.7 Å². The minimum Gasteiger partial charge on any atom is -0.382 e. The number of nitrogens with one attached hydrogen (secondary N) is 2. The summed E-state index contributed by atoms with van der Waals surface area (Å²) in [4.78, 5) is 16.2. The predicted molar refractivity (Wildman–Crippen MR) is 110 cm³/mol. The second-order valence-corrected chi connectivity index (χ2v) is 7.61. The summed E-state index contributed by atoms with van der Waals surface area (Å²) in [7, 11) is 0. The summed E-state index contributed by atoms with van der Waals surface area (Å²) < 4.78 is 39.9. The Morgan fingerprint density at radius 2 is 1.67 bits per heavy atom. The molecule has 2 unspecified atom stereocenters. The van der Waals surface area contributed by atoms with Gasteiger partial charge in [-0.2, -0.15) is 13.2 Å². The molecule has 1 aliphatic carbocycles. The fourth-order valence-corrected chi connectivity index (χ4v) is 3.97. The second kappa shape index (κ2) is 8.34. The molecule has 1 amide bonds. The van der Waals surface area contributed by atoms with Crippen molar-refractivity contribution in [2.24, 2.45) is 0 Å². The number of fused-ring (bicyclic) bond motifs is 1. The summed E-state index contributed by atoms with van der Waals surface area (Å²) in [5, 5.41) is 6.99. The van der Waals surface area contributed by atoms with Crippen LogP contribution in [0.25, 0.3) is 10.9 Å². The summed E-state index contributed by atoms with van der Waals surface area (Å²) in [6, 6.07) is 16.8. The molecule has 1 fully saturated rings. The average Bonchev–Trinajstić information content (AvgIpc) is 2.74. The van der Waals surface area contributed by atoms with E-state index in [1.807, 2.05) is 18.2 Å². The number of carbonyl (C=O) groups is 1. The van der Waals surface area contributed by atoms with Crippen LogP contribution in [-0.4, -0.2) is 23.0 Å². The van der Waals surface area contributed by atoms with E-state index >= 15 is 0 Å². The number of nitrogens with zero attached hydrogens (tertiary/aromatic N) is 1. The quantitative estimate of drug-likeness (QED) is 0.602. The van der Waals surface area contributed by atoms with Gasteiger partial charge in [-0.05, 0) is 49.9 Å². The molecule has 2 atom stereocenters. The second-order valence-electron chi connectivity index (χ2n) is 7.61. The Balaban J connectivity index is 1.51. The van der Waals surface area contributed by atoms with Crippen LogP contribution in [0.4, 0.5) is 18.9 Å². The van der Waals surface area contributed by atoms with Crippen molar-refractivity contribution in [3.63, 3.8) is 0 Å². The zero-order chi connectivity index (χ0) is 21.1. The molecule has 0 saturated heterocycles. The SMILES string of the molecule is O=C(NC1CCCC(Nc2cc(C(F)(F)F)nc3ccccc23)C1)c1ccccc1. The highest BCUT2D eigenvalue weighted by atomic mass is 19.4. The van der Waals surface area contributed by atoms with Crippen LogP contribution in [0.3, 0.4) is 0 Å². The van der Waals surface area contributed by atoms with E-state index in [2.05, 4.69) is 15.6 Å². The van der Waals surface area contributed by atoms with E-state index in [-0.39, 0.29) is 18.0 Å². The molecule has 2 aromatic carbocycles. The maximum absolute atomic E-state index is 13.3. The molecule has 4 rings (SSSR count). The van der Waals surface area contributed by atoms with Gasteiger partial charge in [0.1, 0.15) is 5.69 Å². The molecule has 1 saturated carbocycles. The monoisotopic (exact) mass is 413 g/mol. The highest BCUT2D eigenvalue weighted by Crippen LogP contribution is 2.34. The number of hydrogen-bond acceptors (Lipinski definition) is 3.